The molecule has 1 aromatic heterocycles. The van der Waals surface area contributed by atoms with Crippen molar-refractivity contribution in [2.24, 2.45) is 0 Å². The summed E-state index contributed by atoms with van der Waals surface area (Å²) in [5.74, 6) is 1.94. The number of hydrogen-bond donors (Lipinski definition) is 0. The van der Waals surface area contributed by atoms with Gasteiger partial charge in [0.05, 0.1) is 5.41 Å². The lowest BCUT2D eigenvalue weighted by atomic mass is 9.70. The van der Waals surface area contributed by atoms with Crippen LogP contribution in [0.25, 0.3) is 89.4 Å². The van der Waals surface area contributed by atoms with Crippen LogP contribution >= 0.6 is 0 Å². The first-order chi connectivity index (χ1) is 29.3. The second-order valence-corrected chi connectivity index (χ2v) is 15.4. The van der Waals surface area contributed by atoms with Crippen molar-refractivity contribution < 1.29 is 0 Å². The van der Waals surface area contributed by atoms with Crippen molar-refractivity contribution in [1.29, 1.82) is 0 Å². The van der Waals surface area contributed by atoms with Gasteiger partial charge in [0.25, 0.3) is 0 Å². The molecular formula is C56H35N3. The second-order valence-electron chi connectivity index (χ2n) is 15.4. The van der Waals surface area contributed by atoms with Crippen LogP contribution in [0.2, 0.25) is 0 Å². The molecule has 0 fully saturated rings. The van der Waals surface area contributed by atoms with Gasteiger partial charge in [0.15, 0.2) is 17.5 Å². The molecule has 9 aromatic carbocycles. The van der Waals surface area contributed by atoms with Crippen LogP contribution in [0.4, 0.5) is 0 Å². The van der Waals surface area contributed by atoms with E-state index < -0.39 is 5.41 Å². The molecule has 0 N–H and O–H groups in total. The highest BCUT2D eigenvalue weighted by Crippen LogP contribution is 2.64. The molecule has 59 heavy (non-hydrogen) atoms. The fourth-order valence-electron chi connectivity index (χ4n) is 9.89. The maximum atomic E-state index is 5.01. The van der Waals surface area contributed by atoms with Crippen molar-refractivity contribution in [3.63, 3.8) is 0 Å². The van der Waals surface area contributed by atoms with Crippen LogP contribution in [-0.4, -0.2) is 15.0 Å². The van der Waals surface area contributed by atoms with E-state index in [9.17, 15) is 0 Å². The number of nitrogens with zero attached hydrogens (tertiary/aromatic N) is 3. The van der Waals surface area contributed by atoms with Crippen molar-refractivity contribution in [2.75, 3.05) is 0 Å². The van der Waals surface area contributed by atoms with Gasteiger partial charge in [0, 0.05) is 16.7 Å². The minimum absolute atomic E-state index is 0.413. The molecule has 0 radical (unpaired) electrons. The molecule has 1 spiro atoms. The van der Waals surface area contributed by atoms with Gasteiger partial charge in [-0.05, 0) is 77.5 Å². The zero-order valence-corrected chi connectivity index (χ0v) is 32.0. The lowest BCUT2D eigenvalue weighted by molar-refractivity contribution is 0.794. The Kier molecular flexibility index (Phi) is 7.45. The number of fused-ring (bicyclic) bond motifs is 11. The molecule has 3 heteroatoms. The summed E-state index contributed by atoms with van der Waals surface area (Å²) in [6.45, 7) is 0. The zero-order chi connectivity index (χ0) is 38.9. The summed E-state index contributed by atoms with van der Waals surface area (Å²) in [4.78, 5) is 14.9. The molecule has 12 rings (SSSR count). The number of rotatable bonds is 5. The summed E-state index contributed by atoms with van der Waals surface area (Å²) >= 11 is 0. The summed E-state index contributed by atoms with van der Waals surface area (Å²) in [6.07, 6.45) is 0. The van der Waals surface area contributed by atoms with Gasteiger partial charge in [-0.15, -0.1) is 0 Å². The van der Waals surface area contributed by atoms with E-state index in [0.717, 1.165) is 22.3 Å². The topological polar surface area (TPSA) is 38.7 Å². The molecule has 0 amide bonds. The van der Waals surface area contributed by atoms with Gasteiger partial charge < -0.3 is 0 Å². The Hall–Kier alpha value is -7.75. The number of aromatic nitrogens is 3. The number of benzene rings is 9. The van der Waals surface area contributed by atoms with Crippen molar-refractivity contribution in [2.45, 2.75) is 5.41 Å². The third-order valence-electron chi connectivity index (χ3n) is 12.4. The lowest BCUT2D eigenvalue weighted by Crippen LogP contribution is -2.25. The van der Waals surface area contributed by atoms with Crippen molar-refractivity contribution in [3.8, 4) is 78.7 Å². The summed E-state index contributed by atoms with van der Waals surface area (Å²) in [5.41, 5.74) is 17.8. The minimum atomic E-state index is -0.413. The molecule has 0 aliphatic heterocycles. The van der Waals surface area contributed by atoms with Gasteiger partial charge >= 0.3 is 0 Å². The summed E-state index contributed by atoms with van der Waals surface area (Å²) < 4.78 is 0. The standard InChI is InChI=1S/C56H35N3/c1-3-17-38(18-4-1)53-57-54(39-19-5-2-6-20-39)59-55(58-53)40-32-30-37(31-33-40)42-35-34-36-16-7-8-21-41(36)51(42)46-25-15-29-50-52(46)45-24-11-14-28-49(45)56(50)47-26-12-9-22-43(47)44-23-10-13-27-48(44)56/h1-35H. The largest absolute Gasteiger partial charge is 0.208 e. The molecule has 1 heterocycles. The summed E-state index contributed by atoms with van der Waals surface area (Å²) in [7, 11) is 0. The minimum Gasteiger partial charge on any atom is -0.208 e. The van der Waals surface area contributed by atoms with Crippen molar-refractivity contribution in [3.05, 3.63) is 235 Å². The first-order valence-electron chi connectivity index (χ1n) is 20.2. The average Bonchev–Trinajstić information content (AvgIpc) is 3.79. The van der Waals surface area contributed by atoms with E-state index in [1.54, 1.807) is 0 Å². The highest BCUT2D eigenvalue weighted by molar-refractivity contribution is 6.10. The molecule has 0 unspecified atom stereocenters. The van der Waals surface area contributed by atoms with Crippen LogP contribution in [0.1, 0.15) is 22.3 Å². The third kappa shape index (κ3) is 4.98. The first kappa shape index (κ1) is 33.4. The SMILES string of the molecule is c1ccc(-c2nc(-c3ccccc3)nc(-c3ccc(-c4ccc5ccccc5c4-c4cccc5c4-c4ccccc4C54c5ccccc5-c5ccccc54)cc3)n2)cc1. The van der Waals surface area contributed by atoms with Gasteiger partial charge in [0.2, 0.25) is 0 Å². The van der Waals surface area contributed by atoms with Crippen LogP contribution in [0, 0.1) is 0 Å². The molecule has 0 saturated heterocycles. The highest BCUT2D eigenvalue weighted by Gasteiger charge is 2.52. The molecule has 2 aliphatic carbocycles. The van der Waals surface area contributed by atoms with E-state index in [0.29, 0.717) is 17.5 Å². The lowest BCUT2D eigenvalue weighted by Gasteiger charge is -2.30. The summed E-state index contributed by atoms with van der Waals surface area (Å²) in [6, 6.07) is 76.5. The zero-order valence-electron chi connectivity index (χ0n) is 32.0. The van der Waals surface area contributed by atoms with E-state index in [-0.39, 0.29) is 0 Å². The van der Waals surface area contributed by atoms with E-state index in [1.165, 1.54) is 72.0 Å². The highest BCUT2D eigenvalue weighted by atomic mass is 15.0. The normalized spacial score (nSPS) is 12.9. The Morgan fingerprint density at radius 3 is 1.31 bits per heavy atom. The van der Waals surface area contributed by atoms with Crippen LogP contribution < -0.4 is 0 Å². The Bertz CT molecular complexity index is 3160. The molecule has 2 aliphatic rings. The molecule has 10 aromatic rings. The fraction of sp³-hybridized carbons (Fsp3) is 0.0179. The molecule has 0 bridgehead atoms. The molecule has 0 saturated carbocycles. The number of hydrogen-bond acceptors (Lipinski definition) is 3. The molecular weight excluding hydrogens is 715 g/mol. The maximum absolute atomic E-state index is 5.01. The van der Waals surface area contributed by atoms with Gasteiger partial charge in [-0.3, -0.25) is 0 Å². The van der Waals surface area contributed by atoms with Crippen LogP contribution in [0.15, 0.2) is 212 Å². The summed E-state index contributed by atoms with van der Waals surface area (Å²) in [5, 5.41) is 2.44. The Morgan fingerprint density at radius 2 is 0.695 bits per heavy atom. The van der Waals surface area contributed by atoms with Crippen LogP contribution in [0.5, 0.6) is 0 Å². The van der Waals surface area contributed by atoms with Gasteiger partial charge in [-0.25, -0.2) is 15.0 Å². The average molecular weight is 750 g/mol. The molecule has 274 valence electrons. The van der Waals surface area contributed by atoms with Crippen LogP contribution in [0.3, 0.4) is 0 Å². The quantitative estimate of drug-likeness (QED) is 0.176. The predicted octanol–water partition coefficient (Wildman–Crippen LogP) is 13.7. The third-order valence-corrected chi connectivity index (χ3v) is 12.4. The monoisotopic (exact) mass is 749 g/mol. The maximum Gasteiger partial charge on any atom is 0.164 e. The smallest absolute Gasteiger partial charge is 0.164 e. The Balaban J connectivity index is 1.06. The Morgan fingerprint density at radius 1 is 0.254 bits per heavy atom. The predicted molar refractivity (Wildman–Crippen MR) is 241 cm³/mol. The Labute approximate surface area is 343 Å². The molecule has 0 atom stereocenters. The van der Waals surface area contributed by atoms with Crippen molar-refractivity contribution in [1.82, 2.24) is 15.0 Å². The fourth-order valence-corrected chi connectivity index (χ4v) is 9.89. The molecule has 3 nitrogen and oxygen atoms in total. The van der Waals surface area contributed by atoms with E-state index in [1.807, 2.05) is 60.7 Å². The van der Waals surface area contributed by atoms with Gasteiger partial charge in [0.1, 0.15) is 0 Å². The first-order valence-corrected chi connectivity index (χ1v) is 20.2. The van der Waals surface area contributed by atoms with E-state index in [2.05, 4.69) is 152 Å². The van der Waals surface area contributed by atoms with Crippen molar-refractivity contribution >= 4 is 10.8 Å². The van der Waals surface area contributed by atoms with Gasteiger partial charge in [-0.2, -0.15) is 0 Å². The van der Waals surface area contributed by atoms with E-state index >= 15 is 0 Å². The van der Waals surface area contributed by atoms with Crippen LogP contribution in [-0.2, 0) is 5.41 Å². The van der Waals surface area contributed by atoms with E-state index in [4.69, 9.17) is 15.0 Å². The second kappa shape index (κ2) is 13.2. The van der Waals surface area contributed by atoms with Gasteiger partial charge in [-0.1, -0.05) is 212 Å².